The van der Waals surface area contributed by atoms with Crippen molar-refractivity contribution in [2.45, 2.75) is 6.10 Å². The van der Waals surface area contributed by atoms with Crippen LogP contribution in [0, 0.1) is 0 Å². The summed E-state index contributed by atoms with van der Waals surface area (Å²) in [6, 6.07) is 7.10. The molecule has 31 heavy (non-hydrogen) atoms. The highest BCUT2D eigenvalue weighted by molar-refractivity contribution is 7.80. The number of amides is 2. The minimum absolute atomic E-state index is 0.101. The number of hydrogen-bond acceptors (Lipinski definition) is 8. The smallest absolute Gasteiger partial charge is 0.414 e. The summed E-state index contributed by atoms with van der Waals surface area (Å²) in [5.41, 5.74) is 0.664. The van der Waals surface area contributed by atoms with E-state index in [4.69, 9.17) is 26.1 Å². The standard InChI is InChI=1S/C20H23N5O5S/c1-28-19(31)22-12-15-13-25(20(27)30-15)14-4-5-17(21-11-14)23-6-8-24(9-7-23)18(26)16-3-2-10-29-16/h2-5,10-11,15H,6-9,12-13H2,1H3,(H,22,31)/t15-/m0/s1. The highest BCUT2D eigenvalue weighted by atomic mass is 32.1. The van der Waals surface area contributed by atoms with Crippen LogP contribution in [0.1, 0.15) is 10.6 Å². The first-order chi connectivity index (χ1) is 15.0. The van der Waals surface area contributed by atoms with Crippen molar-refractivity contribution in [3.63, 3.8) is 0 Å². The van der Waals surface area contributed by atoms with Crippen molar-refractivity contribution in [1.29, 1.82) is 0 Å². The SMILES string of the molecule is COC(=S)NC[C@H]1CN(c2ccc(N3CCN(C(=O)c4ccco4)CC3)nc2)C(=O)O1. The van der Waals surface area contributed by atoms with Gasteiger partial charge in [-0.2, -0.15) is 0 Å². The van der Waals surface area contributed by atoms with Gasteiger partial charge in [-0.3, -0.25) is 9.69 Å². The van der Waals surface area contributed by atoms with Gasteiger partial charge in [0.2, 0.25) is 0 Å². The molecule has 4 rings (SSSR count). The molecule has 2 saturated heterocycles. The number of nitrogens with zero attached hydrogens (tertiary/aromatic N) is 4. The van der Waals surface area contributed by atoms with Crippen LogP contribution in [-0.2, 0) is 9.47 Å². The lowest BCUT2D eigenvalue weighted by atomic mass is 10.2. The highest BCUT2D eigenvalue weighted by Crippen LogP contribution is 2.23. The Morgan fingerprint density at radius 2 is 2.10 bits per heavy atom. The number of hydrogen-bond donors (Lipinski definition) is 1. The summed E-state index contributed by atoms with van der Waals surface area (Å²) in [7, 11) is 1.48. The summed E-state index contributed by atoms with van der Waals surface area (Å²) < 4.78 is 15.4. The van der Waals surface area contributed by atoms with Gasteiger partial charge in [-0.05, 0) is 36.5 Å². The predicted octanol–water partition coefficient (Wildman–Crippen LogP) is 1.48. The number of anilines is 2. The Morgan fingerprint density at radius 1 is 1.29 bits per heavy atom. The minimum atomic E-state index is -0.422. The zero-order chi connectivity index (χ0) is 21.8. The summed E-state index contributed by atoms with van der Waals surface area (Å²) in [6.45, 7) is 3.27. The van der Waals surface area contributed by atoms with E-state index in [1.807, 2.05) is 12.1 Å². The number of methoxy groups -OCH3 is 1. The number of thiocarbonyl (C=S) groups is 1. The molecule has 2 fully saturated rings. The second-order valence-electron chi connectivity index (χ2n) is 7.12. The topological polar surface area (TPSA) is 100 Å². The highest BCUT2D eigenvalue weighted by Gasteiger charge is 2.33. The average molecular weight is 446 g/mol. The summed E-state index contributed by atoms with van der Waals surface area (Å²) in [5.74, 6) is 1.05. The van der Waals surface area contributed by atoms with Crippen molar-refractivity contribution in [3.8, 4) is 0 Å². The fourth-order valence-corrected chi connectivity index (χ4v) is 3.61. The molecule has 0 spiro atoms. The molecule has 1 atom stereocenters. The molecular formula is C20H23N5O5S. The molecule has 2 amide bonds. The van der Waals surface area contributed by atoms with Crippen LogP contribution in [-0.4, -0.2) is 79.5 Å². The average Bonchev–Trinajstić information content (AvgIpc) is 3.47. The number of rotatable bonds is 5. The lowest BCUT2D eigenvalue weighted by Crippen LogP contribution is -2.49. The number of carbonyl (C=O) groups excluding carboxylic acids is 2. The summed E-state index contributed by atoms with van der Waals surface area (Å²) in [4.78, 5) is 34.5. The predicted molar refractivity (Wildman–Crippen MR) is 116 cm³/mol. The normalized spacial score (nSPS) is 18.7. The molecule has 2 aliphatic heterocycles. The molecule has 0 radical (unpaired) electrons. The maximum Gasteiger partial charge on any atom is 0.414 e. The third-order valence-electron chi connectivity index (χ3n) is 5.20. The molecular weight excluding hydrogens is 422 g/mol. The zero-order valence-electron chi connectivity index (χ0n) is 17.0. The zero-order valence-corrected chi connectivity index (χ0v) is 17.8. The maximum atomic E-state index is 12.4. The molecule has 11 heteroatoms. The van der Waals surface area contributed by atoms with E-state index in [1.165, 1.54) is 13.4 Å². The quantitative estimate of drug-likeness (QED) is 0.686. The third-order valence-corrected chi connectivity index (χ3v) is 5.51. The van der Waals surface area contributed by atoms with Crippen LogP contribution in [0.4, 0.5) is 16.3 Å². The second kappa shape index (κ2) is 9.21. The third kappa shape index (κ3) is 4.71. The van der Waals surface area contributed by atoms with Gasteiger partial charge < -0.3 is 29.0 Å². The van der Waals surface area contributed by atoms with Gasteiger partial charge in [-0.25, -0.2) is 9.78 Å². The number of piperazine rings is 1. The van der Waals surface area contributed by atoms with E-state index in [0.29, 0.717) is 50.7 Å². The molecule has 164 valence electrons. The maximum absolute atomic E-state index is 12.4. The van der Waals surface area contributed by atoms with Crippen molar-refractivity contribution in [3.05, 3.63) is 42.5 Å². The molecule has 4 heterocycles. The van der Waals surface area contributed by atoms with Crippen LogP contribution in [0.15, 0.2) is 41.1 Å². The Morgan fingerprint density at radius 3 is 2.74 bits per heavy atom. The van der Waals surface area contributed by atoms with Crippen LogP contribution in [0.5, 0.6) is 0 Å². The van der Waals surface area contributed by atoms with Crippen molar-refractivity contribution < 1.29 is 23.5 Å². The van der Waals surface area contributed by atoms with Gasteiger partial charge in [-0.1, -0.05) is 0 Å². The van der Waals surface area contributed by atoms with Crippen LogP contribution in [0.25, 0.3) is 0 Å². The molecule has 0 aromatic carbocycles. The Hall–Kier alpha value is -3.34. The Balaban J connectivity index is 1.31. The van der Waals surface area contributed by atoms with E-state index in [9.17, 15) is 9.59 Å². The summed E-state index contributed by atoms with van der Waals surface area (Å²) in [5, 5.41) is 3.14. The Labute approximate surface area is 184 Å². The first-order valence-corrected chi connectivity index (χ1v) is 10.3. The van der Waals surface area contributed by atoms with Crippen LogP contribution in [0.2, 0.25) is 0 Å². The molecule has 2 aliphatic rings. The summed E-state index contributed by atoms with van der Waals surface area (Å²) in [6.07, 6.45) is 2.40. The van der Waals surface area contributed by atoms with E-state index >= 15 is 0 Å². The number of furan rings is 1. The molecule has 0 saturated carbocycles. The lowest BCUT2D eigenvalue weighted by Gasteiger charge is -2.35. The van der Waals surface area contributed by atoms with Crippen molar-refractivity contribution >= 4 is 40.9 Å². The number of cyclic esters (lactones) is 1. The molecule has 2 aromatic rings. The van der Waals surface area contributed by atoms with Gasteiger partial charge in [0.1, 0.15) is 11.9 Å². The van der Waals surface area contributed by atoms with E-state index in [0.717, 1.165) is 5.82 Å². The first kappa shape index (κ1) is 20.9. The number of ether oxygens (including phenoxy) is 2. The molecule has 0 bridgehead atoms. The van der Waals surface area contributed by atoms with Crippen LogP contribution >= 0.6 is 12.2 Å². The fourth-order valence-electron chi connectivity index (χ4n) is 3.53. The van der Waals surface area contributed by atoms with Gasteiger partial charge in [0.05, 0.1) is 38.3 Å². The lowest BCUT2D eigenvalue weighted by molar-refractivity contribution is 0.0714. The minimum Gasteiger partial charge on any atom is -0.474 e. The van der Waals surface area contributed by atoms with Crippen LogP contribution in [0.3, 0.4) is 0 Å². The molecule has 0 unspecified atom stereocenters. The van der Waals surface area contributed by atoms with E-state index < -0.39 is 6.09 Å². The number of pyridine rings is 1. The summed E-state index contributed by atoms with van der Waals surface area (Å²) >= 11 is 4.93. The Kier molecular flexibility index (Phi) is 6.21. The van der Waals surface area contributed by atoms with Crippen LogP contribution < -0.4 is 15.1 Å². The molecule has 1 N–H and O–H groups in total. The molecule has 0 aliphatic carbocycles. The Bertz CT molecular complexity index is 928. The monoisotopic (exact) mass is 445 g/mol. The van der Waals surface area contributed by atoms with Gasteiger partial charge in [0.15, 0.2) is 5.76 Å². The van der Waals surface area contributed by atoms with Crippen molar-refractivity contribution in [2.24, 2.45) is 0 Å². The number of carbonyl (C=O) groups is 2. The first-order valence-electron chi connectivity index (χ1n) is 9.89. The van der Waals surface area contributed by atoms with E-state index in [1.54, 1.807) is 28.1 Å². The van der Waals surface area contributed by atoms with E-state index in [2.05, 4.69) is 15.2 Å². The van der Waals surface area contributed by atoms with Crippen molar-refractivity contribution in [1.82, 2.24) is 15.2 Å². The molecule has 10 nitrogen and oxygen atoms in total. The van der Waals surface area contributed by atoms with E-state index in [-0.39, 0.29) is 17.2 Å². The van der Waals surface area contributed by atoms with Gasteiger partial charge in [-0.15, -0.1) is 0 Å². The second-order valence-corrected chi connectivity index (χ2v) is 7.49. The largest absolute Gasteiger partial charge is 0.474 e. The fraction of sp³-hybridized carbons (Fsp3) is 0.400. The van der Waals surface area contributed by atoms with Crippen molar-refractivity contribution in [2.75, 3.05) is 56.2 Å². The molecule has 2 aromatic heterocycles. The number of nitrogens with one attached hydrogen (secondary N) is 1. The van der Waals surface area contributed by atoms with Gasteiger partial charge >= 0.3 is 6.09 Å². The van der Waals surface area contributed by atoms with Gasteiger partial charge in [0.25, 0.3) is 11.1 Å². The number of aromatic nitrogens is 1. The van der Waals surface area contributed by atoms with Gasteiger partial charge in [0, 0.05) is 26.2 Å².